The molecule has 0 radical (unpaired) electrons. The number of rotatable bonds is 4. The molecule has 0 amide bonds. The van der Waals surface area contributed by atoms with Crippen molar-refractivity contribution < 1.29 is 49.7 Å². The Hall–Kier alpha value is -2.40. The Bertz CT molecular complexity index is 629. The Labute approximate surface area is 128 Å². The van der Waals surface area contributed by atoms with E-state index in [4.69, 9.17) is 14.6 Å². The van der Waals surface area contributed by atoms with Crippen molar-refractivity contribution >= 4 is 12.3 Å². The van der Waals surface area contributed by atoms with Gasteiger partial charge in [0.15, 0.2) is 23.9 Å². The summed E-state index contributed by atoms with van der Waals surface area (Å²) in [7, 11) is 0. The Kier molecular flexibility index (Phi) is 4.43. The van der Waals surface area contributed by atoms with Crippen LogP contribution in [0.4, 0.5) is 0 Å². The molecule has 1 fully saturated rings. The average molecular weight is 330 g/mol. The van der Waals surface area contributed by atoms with Gasteiger partial charge in [0.2, 0.25) is 0 Å². The summed E-state index contributed by atoms with van der Waals surface area (Å²) in [6, 6.07) is 1.51. The number of aliphatic hydroxyl groups excluding tert-OH is 3. The molecule has 10 heteroatoms. The fraction of sp³-hybridized carbons (Fsp3) is 0.385. The molecule has 126 valence electrons. The molecule has 1 aromatic rings. The molecule has 0 aromatic heterocycles. The van der Waals surface area contributed by atoms with Crippen molar-refractivity contribution in [3.05, 3.63) is 17.7 Å². The molecule has 0 spiro atoms. The second kappa shape index (κ2) is 6.01. The number of benzene rings is 1. The fourth-order valence-electron chi connectivity index (χ4n) is 2.13. The van der Waals surface area contributed by atoms with Crippen LogP contribution >= 0.6 is 0 Å². The van der Waals surface area contributed by atoms with Gasteiger partial charge in [-0.3, -0.25) is 4.79 Å². The molecule has 0 bridgehead atoms. The number of phenolic OH excluding ortho intramolecular Hbond substituents is 3. The second-order valence-electron chi connectivity index (χ2n) is 4.86. The molecule has 23 heavy (non-hydrogen) atoms. The lowest BCUT2D eigenvalue weighted by atomic mass is 10.1. The maximum Gasteiger partial charge on any atom is 0.345 e. The van der Waals surface area contributed by atoms with E-state index in [1.54, 1.807) is 0 Å². The highest BCUT2D eigenvalue weighted by atomic mass is 16.7. The number of aromatic hydroxyl groups is 3. The standard InChI is InChI=1S/C13H14O10/c14-3-8-10(19)11(20)13(4-15,22-8)23-12(21)6-1-5(16)2-7(17)9(6)18/h1-2,4,8,10-11,14,16-20H,3H2/t8-,10-,11-,13?/m0/s1. The molecule has 0 saturated carbocycles. The van der Waals surface area contributed by atoms with Gasteiger partial charge in [0.25, 0.3) is 5.79 Å². The van der Waals surface area contributed by atoms with Crippen LogP contribution in [0, 0.1) is 0 Å². The van der Waals surface area contributed by atoms with Crippen LogP contribution in [0.5, 0.6) is 17.2 Å². The summed E-state index contributed by atoms with van der Waals surface area (Å²) in [4.78, 5) is 23.3. The summed E-state index contributed by atoms with van der Waals surface area (Å²) in [5.74, 6) is -6.37. The van der Waals surface area contributed by atoms with E-state index in [2.05, 4.69) is 0 Å². The maximum absolute atomic E-state index is 12.0. The van der Waals surface area contributed by atoms with Crippen molar-refractivity contribution in [2.24, 2.45) is 0 Å². The van der Waals surface area contributed by atoms with Crippen molar-refractivity contribution in [1.29, 1.82) is 0 Å². The van der Waals surface area contributed by atoms with E-state index in [1.165, 1.54) is 0 Å². The molecule has 10 nitrogen and oxygen atoms in total. The Morgan fingerprint density at radius 3 is 2.48 bits per heavy atom. The topological polar surface area (TPSA) is 174 Å². The molecule has 0 aliphatic carbocycles. The van der Waals surface area contributed by atoms with Crippen LogP contribution in [-0.2, 0) is 14.3 Å². The first kappa shape index (κ1) is 17.0. The average Bonchev–Trinajstić information content (AvgIpc) is 2.75. The highest BCUT2D eigenvalue weighted by molar-refractivity contribution is 5.95. The first-order chi connectivity index (χ1) is 10.8. The van der Waals surface area contributed by atoms with Gasteiger partial charge < -0.3 is 40.1 Å². The minimum Gasteiger partial charge on any atom is -0.508 e. The van der Waals surface area contributed by atoms with Gasteiger partial charge in [-0.15, -0.1) is 0 Å². The number of aliphatic hydroxyl groups is 3. The Balaban J connectivity index is 2.33. The third-order valence-corrected chi connectivity index (χ3v) is 3.34. The van der Waals surface area contributed by atoms with Gasteiger partial charge in [-0.2, -0.15) is 0 Å². The first-order valence-electron chi connectivity index (χ1n) is 6.35. The van der Waals surface area contributed by atoms with E-state index in [0.29, 0.717) is 0 Å². The van der Waals surface area contributed by atoms with Gasteiger partial charge >= 0.3 is 5.97 Å². The summed E-state index contributed by atoms with van der Waals surface area (Å²) in [5.41, 5.74) is -0.707. The third-order valence-electron chi connectivity index (χ3n) is 3.34. The van der Waals surface area contributed by atoms with Crippen LogP contribution in [0.2, 0.25) is 0 Å². The van der Waals surface area contributed by atoms with Crippen LogP contribution in [0.25, 0.3) is 0 Å². The largest absolute Gasteiger partial charge is 0.508 e. The molecular weight excluding hydrogens is 316 g/mol. The number of carbonyl (C=O) groups is 2. The number of esters is 1. The highest BCUT2D eigenvalue weighted by Gasteiger charge is 2.57. The maximum atomic E-state index is 12.0. The monoisotopic (exact) mass is 330 g/mol. The van der Waals surface area contributed by atoms with Crippen LogP contribution in [0.3, 0.4) is 0 Å². The van der Waals surface area contributed by atoms with E-state index >= 15 is 0 Å². The lowest BCUT2D eigenvalue weighted by molar-refractivity contribution is -0.213. The summed E-state index contributed by atoms with van der Waals surface area (Å²) in [5, 5.41) is 56.7. The van der Waals surface area contributed by atoms with Crippen molar-refractivity contribution in [2.75, 3.05) is 6.61 Å². The number of phenols is 3. The Morgan fingerprint density at radius 2 is 1.96 bits per heavy atom. The quantitative estimate of drug-likeness (QED) is 0.156. The van der Waals surface area contributed by atoms with Crippen molar-refractivity contribution in [3.63, 3.8) is 0 Å². The number of carbonyl (C=O) groups excluding carboxylic acids is 2. The summed E-state index contributed by atoms with van der Waals surface area (Å²) in [6.45, 7) is -0.760. The zero-order chi connectivity index (χ0) is 17.4. The van der Waals surface area contributed by atoms with Crippen molar-refractivity contribution in [3.8, 4) is 17.2 Å². The van der Waals surface area contributed by atoms with E-state index in [-0.39, 0.29) is 6.29 Å². The van der Waals surface area contributed by atoms with Crippen LogP contribution in [0.1, 0.15) is 10.4 Å². The summed E-state index contributed by atoms with van der Waals surface area (Å²) < 4.78 is 9.60. The summed E-state index contributed by atoms with van der Waals surface area (Å²) in [6.07, 6.45) is -5.17. The SMILES string of the molecule is O=CC1(OC(=O)c2cc(O)cc(O)c2O)O[C@@H](CO)[C@H](O)[C@@H]1O. The normalized spacial score (nSPS) is 30.1. The number of hydrogen-bond acceptors (Lipinski definition) is 10. The van der Waals surface area contributed by atoms with E-state index in [0.717, 1.165) is 12.1 Å². The van der Waals surface area contributed by atoms with Crippen LogP contribution in [0.15, 0.2) is 12.1 Å². The van der Waals surface area contributed by atoms with Gasteiger partial charge in [0, 0.05) is 6.07 Å². The van der Waals surface area contributed by atoms with E-state index in [1.807, 2.05) is 0 Å². The van der Waals surface area contributed by atoms with E-state index < -0.39 is 59.5 Å². The minimum absolute atomic E-state index is 0.0891. The number of ether oxygens (including phenoxy) is 2. The predicted molar refractivity (Wildman–Crippen MR) is 69.6 cm³/mol. The van der Waals surface area contributed by atoms with Gasteiger partial charge in [-0.25, -0.2) is 4.79 Å². The summed E-state index contributed by atoms with van der Waals surface area (Å²) >= 11 is 0. The van der Waals surface area contributed by atoms with Crippen molar-refractivity contribution in [2.45, 2.75) is 24.1 Å². The molecule has 1 saturated heterocycles. The second-order valence-corrected chi connectivity index (χ2v) is 4.86. The smallest absolute Gasteiger partial charge is 0.345 e. The molecule has 1 aliphatic heterocycles. The van der Waals surface area contributed by atoms with Gasteiger partial charge in [-0.1, -0.05) is 0 Å². The Morgan fingerprint density at radius 1 is 1.30 bits per heavy atom. The third kappa shape index (κ3) is 2.80. The molecular formula is C13H14O10. The van der Waals surface area contributed by atoms with Gasteiger partial charge in [0.1, 0.15) is 23.5 Å². The predicted octanol–water partition coefficient (Wildman–Crippen LogP) is -2.03. The van der Waals surface area contributed by atoms with E-state index in [9.17, 15) is 35.1 Å². The zero-order valence-electron chi connectivity index (χ0n) is 11.5. The molecule has 1 aliphatic rings. The van der Waals surface area contributed by atoms with Crippen LogP contribution < -0.4 is 0 Å². The van der Waals surface area contributed by atoms with Gasteiger partial charge in [0.05, 0.1) is 6.61 Å². The molecule has 1 unspecified atom stereocenters. The zero-order valence-corrected chi connectivity index (χ0v) is 11.5. The van der Waals surface area contributed by atoms with Crippen LogP contribution in [-0.4, -0.2) is 73.6 Å². The molecule has 1 heterocycles. The number of aldehydes is 1. The number of hydrogen-bond donors (Lipinski definition) is 6. The highest BCUT2D eigenvalue weighted by Crippen LogP contribution is 2.36. The lowest BCUT2D eigenvalue weighted by Gasteiger charge is -2.25. The molecule has 6 N–H and O–H groups in total. The fourth-order valence-corrected chi connectivity index (χ4v) is 2.13. The molecule has 1 aromatic carbocycles. The van der Waals surface area contributed by atoms with Gasteiger partial charge in [-0.05, 0) is 6.07 Å². The van der Waals surface area contributed by atoms with Crippen molar-refractivity contribution in [1.82, 2.24) is 0 Å². The molecule has 2 rings (SSSR count). The first-order valence-corrected chi connectivity index (χ1v) is 6.35. The minimum atomic E-state index is -2.61. The molecule has 4 atom stereocenters. The lowest BCUT2D eigenvalue weighted by Crippen LogP contribution is -2.48.